The SMILES string of the molecule is CC(C)CC(=O)N1CCC2(CC1)NC(=O)NC2=O. The van der Waals surface area contributed by atoms with Crippen molar-refractivity contribution >= 4 is 17.8 Å². The van der Waals surface area contributed by atoms with E-state index < -0.39 is 11.6 Å². The molecule has 0 radical (unpaired) electrons. The zero-order valence-corrected chi connectivity index (χ0v) is 10.8. The van der Waals surface area contributed by atoms with Crippen molar-refractivity contribution < 1.29 is 14.4 Å². The smallest absolute Gasteiger partial charge is 0.322 e. The summed E-state index contributed by atoms with van der Waals surface area (Å²) < 4.78 is 0. The molecule has 0 aliphatic carbocycles. The standard InChI is InChI=1S/C12H19N3O3/c1-8(2)7-9(16)15-5-3-12(4-6-15)10(17)13-11(18)14-12/h8H,3-7H2,1-2H3,(H2,13,14,17,18). The predicted molar refractivity (Wildman–Crippen MR) is 64.7 cm³/mol. The quantitative estimate of drug-likeness (QED) is 0.692. The third-order valence-electron chi connectivity index (χ3n) is 3.57. The minimum Gasteiger partial charge on any atom is -0.342 e. The van der Waals surface area contributed by atoms with E-state index in [-0.39, 0.29) is 11.8 Å². The fraction of sp³-hybridized carbons (Fsp3) is 0.750. The van der Waals surface area contributed by atoms with Crippen molar-refractivity contribution in [3.05, 3.63) is 0 Å². The number of amides is 4. The third kappa shape index (κ3) is 2.32. The molecule has 0 aromatic rings. The molecule has 100 valence electrons. The number of imide groups is 1. The highest BCUT2D eigenvalue weighted by atomic mass is 16.2. The maximum absolute atomic E-state index is 11.9. The minimum atomic E-state index is -0.786. The molecule has 0 aromatic carbocycles. The van der Waals surface area contributed by atoms with Gasteiger partial charge in [-0.15, -0.1) is 0 Å². The summed E-state index contributed by atoms with van der Waals surface area (Å²) in [5.41, 5.74) is -0.786. The first kappa shape index (κ1) is 12.9. The minimum absolute atomic E-state index is 0.129. The second-order valence-corrected chi connectivity index (χ2v) is 5.47. The van der Waals surface area contributed by atoms with Crippen molar-refractivity contribution in [3.63, 3.8) is 0 Å². The number of likely N-dealkylation sites (tertiary alicyclic amines) is 1. The number of rotatable bonds is 2. The summed E-state index contributed by atoms with van der Waals surface area (Å²) >= 11 is 0. The third-order valence-corrected chi connectivity index (χ3v) is 3.57. The molecular formula is C12H19N3O3. The maximum atomic E-state index is 11.9. The number of hydrogen-bond donors (Lipinski definition) is 2. The van der Waals surface area contributed by atoms with Crippen LogP contribution in [0.3, 0.4) is 0 Å². The molecule has 2 rings (SSSR count). The molecule has 2 heterocycles. The molecule has 4 amide bonds. The van der Waals surface area contributed by atoms with Gasteiger partial charge in [-0.1, -0.05) is 13.8 Å². The lowest BCUT2D eigenvalue weighted by Crippen LogP contribution is -2.55. The fourth-order valence-electron chi connectivity index (χ4n) is 2.50. The van der Waals surface area contributed by atoms with Crippen LogP contribution in [0.1, 0.15) is 33.1 Å². The topological polar surface area (TPSA) is 78.5 Å². The number of piperidine rings is 1. The monoisotopic (exact) mass is 253 g/mol. The molecule has 0 unspecified atom stereocenters. The van der Waals surface area contributed by atoms with Crippen molar-refractivity contribution in [2.45, 2.75) is 38.6 Å². The summed E-state index contributed by atoms with van der Waals surface area (Å²) in [6.45, 7) is 5.07. The molecule has 2 aliphatic heterocycles. The van der Waals surface area contributed by atoms with Crippen LogP contribution < -0.4 is 10.6 Å². The van der Waals surface area contributed by atoms with Gasteiger partial charge in [0.15, 0.2) is 0 Å². The Balaban J connectivity index is 1.94. The molecule has 2 saturated heterocycles. The molecule has 2 fully saturated rings. The first-order chi connectivity index (χ1) is 8.43. The van der Waals surface area contributed by atoms with Crippen LogP contribution >= 0.6 is 0 Å². The molecule has 6 nitrogen and oxygen atoms in total. The van der Waals surface area contributed by atoms with Crippen molar-refractivity contribution in [1.29, 1.82) is 0 Å². The van der Waals surface area contributed by atoms with E-state index in [2.05, 4.69) is 10.6 Å². The molecule has 18 heavy (non-hydrogen) atoms. The van der Waals surface area contributed by atoms with Crippen molar-refractivity contribution in [2.75, 3.05) is 13.1 Å². The van der Waals surface area contributed by atoms with Gasteiger partial charge >= 0.3 is 6.03 Å². The van der Waals surface area contributed by atoms with Gasteiger partial charge < -0.3 is 10.2 Å². The van der Waals surface area contributed by atoms with E-state index in [1.54, 1.807) is 4.90 Å². The zero-order valence-electron chi connectivity index (χ0n) is 10.8. The molecular weight excluding hydrogens is 234 g/mol. The van der Waals surface area contributed by atoms with Crippen molar-refractivity contribution in [3.8, 4) is 0 Å². The maximum Gasteiger partial charge on any atom is 0.322 e. The lowest BCUT2D eigenvalue weighted by Gasteiger charge is -2.37. The highest BCUT2D eigenvalue weighted by molar-refractivity contribution is 6.07. The average molecular weight is 253 g/mol. The zero-order chi connectivity index (χ0) is 13.3. The van der Waals surface area contributed by atoms with E-state index in [1.165, 1.54) is 0 Å². The van der Waals surface area contributed by atoms with Crippen LogP contribution in [-0.4, -0.2) is 41.4 Å². The number of carbonyl (C=O) groups excluding carboxylic acids is 3. The van der Waals surface area contributed by atoms with Crippen LogP contribution in [0.15, 0.2) is 0 Å². The van der Waals surface area contributed by atoms with Crippen LogP contribution in [0.5, 0.6) is 0 Å². The van der Waals surface area contributed by atoms with E-state index in [0.717, 1.165) is 0 Å². The number of urea groups is 1. The van der Waals surface area contributed by atoms with E-state index in [0.29, 0.717) is 38.3 Å². The average Bonchev–Trinajstić information content (AvgIpc) is 2.53. The Morgan fingerprint density at radius 1 is 1.33 bits per heavy atom. The summed E-state index contributed by atoms with van der Waals surface area (Å²) in [6, 6.07) is -0.429. The van der Waals surface area contributed by atoms with Gasteiger partial charge in [0.2, 0.25) is 5.91 Å². The lowest BCUT2D eigenvalue weighted by atomic mass is 9.87. The first-order valence-electron chi connectivity index (χ1n) is 6.34. The molecule has 2 aliphatic rings. The summed E-state index contributed by atoms with van der Waals surface area (Å²) in [5, 5.41) is 4.94. The van der Waals surface area contributed by atoms with E-state index in [9.17, 15) is 14.4 Å². The van der Waals surface area contributed by atoms with Crippen LogP contribution in [-0.2, 0) is 9.59 Å². The molecule has 0 saturated carbocycles. The predicted octanol–water partition coefficient (Wildman–Crippen LogP) is 0.233. The second-order valence-electron chi connectivity index (χ2n) is 5.47. The van der Waals surface area contributed by atoms with Crippen LogP contribution in [0.2, 0.25) is 0 Å². The highest BCUT2D eigenvalue weighted by Crippen LogP contribution is 2.26. The van der Waals surface area contributed by atoms with Gasteiger partial charge in [0, 0.05) is 19.5 Å². The van der Waals surface area contributed by atoms with Crippen LogP contribution in [0.25, 0.3) is 0 Å². The number of hydrogen-bond acceptors (Lipinski definition) is 3. The molecule has 0 aromatic heterocycles. The Kier molecular flexibility index (Phi) is 3.28. The number of carbonyl (C=O) groups is 3. The normalized spacial score (nSPS) is 22.3. The molecule has 0 bridgehead atoms. The Hall–Kier alpha value is -1.59. The molecule has 1 spiro atoms. The largest absolute Gasteiger partial charge is 0.342 e. The Bertz CT molecular complexity index is 384. The van der Waals surface area contributed by atoms with Crippen LogP contribution in [0, 0.1) is 5.92 Å². The Morgan fingerprint density at radius 2 is 1.94 bits per heavy atom. The van der Waals surface area contributed by atoms with Crippen molar-refractivity contribution in [2.24, 2.45) is 5.92 Å². The van der Waals surface area contributed by atoms with E-state index in [1.807, 2.05) is 13.8 Å². The van der Waals surface area contributed by atoms with Gasteiger partial charge in [0.1, 0.15) is 5.54 Å². The summed E-state index contributed by atoms with van der Waals surface area (Å²) in [4.78, 5) is 36.6. The second kappa shape index (κ2) is 4.59. The number of nitrogens with zero attached hydrogens (tertiary/aromatic N) is 1. The molecule has 2 N–H and O–H groups in total. The van der Waals surface area contributed by atoms with E-state index >= 15 is 0 Å². The number of nitrogens with one attached hydrogen (secondary N) is 2. The molecule has 0 atom stereocenters. The summed E-state index contributed by atoms with van der Waals surface area (Å²) in [7, 11) is 0. The Morgan fingerprint density at radius 3 is 2.39 bits per heavy atom. The van der Waals surface area contributed by atoms with Gasteiger partial charge in [-0.05, 0) is 18.8 Å². The molecule has 6 heteroatoms. The summed E-state index contributed by atoms with van der Waals surface area (Å²) in [6.07, 6.45) is 1.52. The van der Waals surface area contributed by atoms with Gasteiger partial charge in [-0.2, -0.15) is 0 Å². The summed E-state index contributed by atoms with van der Waals surface area (Å²) in [5.74, 6) is 0.205. The van der Waals surface area contributed by atoms with Crippen molar-refractivity contribution in [1.82, 2.24) is 15.5 Å². The first-order valence-corrected chi connectivity index (χ1v) is 6.34. The van der Waals surface area contributed by atoms with Gasteiger partial charge in [-0.25, -0.2) is 4.79 Å². The van der Waals surface area contributed by atoms with Crippen LogP contribution in [0.4, 0.5) is 4.79 Å². The van der Waals surface area contributed by atoms with Gasteiger partial charge in [-0.3, -0.25) is 14.9 Å². The lowest BCUT2D eigenvalue weighted by molar-refractivity contribution is -0.136. The van der Waals surface area contributed by atoms with Gasteiger partial charge in [0.05, 0.1) is 0 Å². The highest BCUT2D eigenvalue weighted by Gasteiger charge is 2.48. The Labute approximate surface area is 106 Å². The fourth-order valence-corrected chi connectivity index (χ4v) is 2.50. The van der Waals surface area contributed by atoms with E-state index in [4.69, 9.17) is 0 Å². The van der Waals surface area contributed by atoms with Gasteiger partial charge in [0.25, 0.3) is 5.91 Å².